The molecule has 1 fully saturated rings. The molecule has 144 valence electrons. The van der Waals surface area contributed by atoms with Gasteiger partial charge in [0.05, 0.1) is 16.9 Å². The van der Waals surface area contributed by atoms with Crippen molar-refractivity contribution in [2.45, 2.75) is 32.9 Å². The highest BCUT2D eigenvalue weighted by molar-refractivity contribution is 5.97. The molecule has 2 atom stereocenters. The second-order valence-electron chi connectivity index (χ2n) is 8.15. The fourth-order valence-corrected chi connectivity index (χ4v) is 3.99. The van der Waals surface area contributed by atoms with Crippen LogP contribution >= 0.6 is 0 Å². The number of hydrogen-bond acceptors (Lipinski definition) is 5. The van der Waals surface area contributed by atoms with Gasteiger partial charge in [-0.05, 0) is 18.4 Å². The fraction of sp³-hybridized carbons (Fsp3) is 0.474. The van der Waals surface area contributed by atoms with Crippen molar-refractivity contribution in [1.82, 2.24) is 4.57 Å². The average molecular weight is 375 g/mol. The molecule has 3 heterocycles. The lowest BCUT2D eigenvalue weighted by molar-refractivity contribution is 0.0694. The summed E-state index contributed by atoms with van der Waals surface area (Å²) in [6, 6.07) is 0.811. The van der Waals surface area contributed by atoms with Crippen LogP contribution in [0.25, 0.3) is 10.9 Å². The standard InChI is InChI=1S/C19H22FN3O4/c1-9-7-27-17-14-10(16(24)11(18(25)26)5-23(9)14)4-12(20)15(17)22-6-13(21)19(2,3)8-22/h4-5,9,13H,6-8,21H2,1-3H3,(H,25,26)/t9-,13-/m0/s1. The third kappa shape index (κ3) is 2.50. The van der Waals surface area contributed by atoms with E-state index in [4.69, 9.17) is 10.5 Å². The summed E-state index contributed by atoms with van der Waals surface area (Å²) in [6.45, 7) is 7.19. The molecule has 1 aromatic carbocycles. The number of carbonyl (C=O) groups is 1. The van der Waals surface area contributed by atoms with Gasteiger partial charge in [-0.15, -0.1) is 0 Å². The Morgan fingerprint density at radius 3 is 2.74 bits per heavy atom. The molecule has 0 spiro atoms. The zero-order valence-corrected chi connectivity index (χ0v) is 15.5. The fourth-order valence-electron chi connectivity index (χ4n) is 3.99. The lowest BCUT2D eigenvalue weighted by Gasteiger charge is -2.31. The van der Waals surface area contributed by atoms with E-state index < -0.39 is 17.2 Å². The van der Waals surface area contributed by atoms with Crippen LogP contribution in [-0.4, -0.2) is 41.4 Å². The number of nitrogens with zero attached hydrogens (tertiary/aromatic N) is 2. The largest absolute Gasteiger partial charge is 0.487 e. The van der Waals surface area contributed by atoms with Crippen molar-refractivity contribution in [3.63, 3.8) is 0 Å². The summed E-state index contributed by atoms with van der Waals surface area (Å²) < 4.78 is 22.7. The summed E-state index contributed by atoms with van der Waals surface area (Å²) in [5, 5.41) is 9.36. The van der Waals surface area contributed by atoms with Crippen LogP contribution in [0.5, 0.6) is 5.75 Å². The Kier molecular flexibility index (Phi) is 3.75. The normalized spacial score (nSPS) is 23.5. The second kappa shape index (κ2) is 5.69. The molecule has 8 heteroatoms. The number of hydrogen-bond donors (Lipinski definition) is 2. The summed E-state index contributed by atoms with van der Waals surface area (Å²) in [6.07, 6.45) is 1.32. The molecule has 0 amide bonds. The topological polar surface area (TPSA) is 97.8 Å². The first-order valence-electron chi connectivity index (χ1n) is 8.90. The minimum absolute atomic E-state index is 0.0143. The minimum Gasteiger partial charge on any atom is -0.487 e. The van der Waals surface area contributed by atoms with Crippen LogP contribution in [0.15, 0.2) is 17.1 Å². The van der Waals surface area contributed by atoms with Gasteiger partial charge in [-0.1, -0.05) is 13.8 Å². The highest BCUT2D eigenvalue weighted by Gasteiger charge is 2.40. The van der Waals surface area contributed by atoms with Crippen LogP contribution in [0, 0.1) is 11.2 Å². The summed E-state index contributed by atoms with van der Waals surface area (Å²) in [4.78, 5) is 25.9. The van der Waals surface area contributed by atoms with Gasteiger partial charge in [-0.25, -0.2) is 9.18 Å². The van der Waals surface area contributed by atoms with E-state index in [-0.39, 0.29) is 46.5 Å². The molecule has 2 aliphatic heterocycles. The molecule has 0 bridgehead atoms. The number of aromatic carboxylic acids is 1. The van der Waals surface area contributed by atoms with Crippen LogP contribution in [0.3, 0.4) is 0 Å². The monoisotopic (exact) mass is 375 g/mol. The molecule has 27 heavy (non-hydrogen) atoms. The van der Waals surface area contributed by atoms with E-state index in [0.29, 0.717) is 18.6 Å². The first-order valence-corrected chi connectivity index (χ1v) is 8.90. The van der Waals surface area contributed by atoms with Crippen molar-refractivity contribution in [3.8, 4) is 5.75 Å². The van der Waals surface area contributed by atoms with Crippen molar-refractivity contribution in [2.75, 3.05) is 24.6 Å². The number of pyridine rings is 1. The second-order valence-corrected chi connectivity index (χ2v) is 8.15. The van der Waals surface area contributed by atoms with Gasteiger partial charge in [0.2, 0.25) is 5.43 Å². The highest BCUT2D eigenvalue weighted by Crippen LogP contribution is 2.44. The predicted octanol–water partition coefficient (Wildman–Crippen LogP) is 1.97. The van der Waals surface area contributed by atoms with Gasteiger partial charge in [-0.2, -0.15) is 0 Å². The molecule has 1 aromatic heterocycles. The minimum atomic E-state index is -1.33. The summed E-state index contributed by atoms with van der Waals surface area (Å²) in [5.74, 6) is -1.66. The van der Waals surface area contributed by atoms with Gasteiger partial charge in [0.1, 0.15) is 17.9 Å². The smallest absolute Gasteiger partial charge is 0.341 e. The average Bonchev–Trinajstić information content (AvgIpc) is 2.84. The molecule has 0 unspecified atom stereocenters. The van der Waals surface area contributed by atoms with Gasteiger partial charge in [0.25, 0.3) is 0 Å². The van der Waals surface area contributed by atoms with Gasteiger partial charge < -0.3 is 25.0 Å². The molecule has 0 radical (unpaired) electrons. The van der Waals surface area contributed by atoms with Gasteiger partial charge in [0.15, 0.2) is 11.6 Å². The van der Waals surface area contributed by atoms with Crippen LogP contribution in [0.2, 0.25) is 0 Å². The molecule has 3 N–H and O–H groups in total. The molecule has 1 saturated heterocycles. The van der Waals surface area contributed by atoms with E-state index in [1.807, 2.05) is 25.7 Å². The molecular formula is C19H22FN3O4. The Morgan fingerprint density at radius 2 is 2.15 bits per heavy atom. The zero-order valence-electron chi connectivity index (χ0n) is 15.5. The van der Waals surface area contributed by atoms with Gasteiger partial charge in [0, 0.05) is 25.3 Å². The van der Waals surface area contributed by atoms with Crippen LogP contribution in [0.4, 0.5) is 10.1 Å². The number of ether oxygens (including phenoxy) is 1. The maximum Gasteiger partial charge on any atom is 0.341 e. The molecule has 0 saturated carbocycles. The third-order valence-corrected chi connectivity index (χ3v) is 5.71. The molecule has 4 rings (SSSR count). The van der Waals surface area contributed by atoms with Crippen molar-refractivity contribution >= 4 is 22.6 Å². The number of benzene rings is 1. The third-order valence-electron chi connectivity index (χ3n) is 5.71. The van der Waals surface area contributed by atoms with E-state index in [9.17, 15) is 14.7 Å². The van der Waals surface area contributed by atoms with Crippen molar-refractivity contribution in [1.29, 1.82) is 0 Å². The number of halogens is 1. The zero-order chi connectivity index (χ0) is 19.7. The Morgan fingerprint density at radius 1 is 1.44 bits per heavy atom. The lowest BCUT2D eigenvalue weighted by atomic mass is 9.89. The quantitative estimate of drug-likeness (QED) is 0.833. The number of carboxylic acid groups (broad SMARTS) is 1. The van der Waals surface area contributed by atoms with Crippen molar-refractivity contribution < 1.29 is 19.0 Å². The summed E-state index contributed by atoms with van der Waals surface area (Å²) in [7, 11) is 0. The highest BCUT2D eigenvalue weighted by atomic mass is 19.1. The lowest BCUT2D eigenvalue weighted by Crippen LogP contribution is -2.35. The molecule has 0 aliphatic carbocycles. The molecule has 7 nitrogen and oxygen atoms in total. The number of rotatable bonds is 2. The first-order chi connectivity index (χ1) is 12.6. The Balaban J connectivity index is 2.03. The Bertz CT molecular complexity index is 1030. The number of carboxylic acids is 1. The van der Waals surface area contributed by atoms with Gasteiger partial charge in [-0.3, -0.25) is 4.79 Å². The van der Waals surface area contributed by atoms with Crippen molar-refractivity contribution in [2.24, 2.45) is 11.1 Å². The first kappa shape index (κ1) is 17.8. The Hall–Kier alpha value is -2.61. The van der Waals surface area contributed by atoms with E-state index in [1.165, 1.54) is 6.20 Å². The van der Waals surface area contributed by atoms with Crippen LogP contribution in [-0.2, 0) is 0 Å². The summed E-state index contributed by atoms with van der Waals surface area (Å²) >= 11 is 0. The van der Waals surface area contributed by atoms with E-state index in [2.05, 4.69) is 0 Å². The summed E-state index contributed by atoms with van der Waals surface area (Å²) in [5.41, 5.74) is 5.65. The maximum absolute atomic E-state index is 15.1. The van der Waals surface area contributed by atoms with E-state index in [1.54, 1.807) is 4.57 Å². The van der Waals surface area contributed by atoms with Crippen LogP contribution < -0.4 is 20.8 Å². The number of aromatic nitrogens is 1. The Labute approximate surface area is 155 Å². The van der Waals surface area contributed by atoms with Crippen molar-refractivity contribution in [3.05, 3.63) is 33.9 Å². The number of anilines is 1. The van der Waals surface area contributed by atoms with Crippen LogP contribution in [0.1, 0.15) is 37.2 Å². The predicted molar refractivity (Wildman–Crippen MR) is 99.3 cm³/mol. The SMILES string of the molecule is C[C@H]1COc2c(N3C[C@H](N)C(C)(C)C3)c(F)cc3c(=O)c(C(=O)O)cn1c23. The maximum atomic E-state index is 15.1. The molecule has 2 aromatic rings. The van der Waals surface area contributed by atoms with E-state index in [0.717, 1.165) is 6.07 Å². The number of nitrogens with two attached hydrogens (primary N) is 1. The molecule has 2 aliphatic rings. The van der Waals surface area contributed by atoms with E-state index >= 15 is 4.39 Å². The molecular weight excluding hydrogens is 353 g/mol. The van der Waals surface area contributed by atoms with Gasteiger partial charge >= 0.3 is 5.97 Å².